The zero-order chi connectivity index (χ0) is 14.1. The van der Waals surface area contributed by atoms with Crippen molar-refractivity contribution in [1.29, 1.82) is 0 Å². The van der Waals surface area contributed by atoms with Crippen molar-refractivity contribution in [3.8, 4) is 0 Å². The zero-order valence-corrected chi connectivity index (χ0v) is 10.4. The number of carbonyl (C=O) groups excluding carboxylic acids is 1. The molecule has 0 heterocycles. The van der Waals surface area contributed by atoms with Crippen molar-refractivity contribution in [3.05, 3.63) is 35.9 Å². The van der Waals surface area contributed by atoms with Crippen molar-refractivity contribution in [1.82, 2.24) is 5.32 Å². The van der Waals surface area contributed by atoms with E-state index in [0.29, 0.717) is 0 Å². The number of hydrogen-bond donors (Lipinski definition) is 3. The van der Waals surface area contributed by atoms with Gasteiger partial charge in [0.15, 0.2) is 0 Å². The van der Waals surface area contributed by atoms with Crippen molar-refractivity contribution < 1.29 is 24.5 Å². The van der Waals surface area contributed by atoms with E-state index >= 15 is 0 Å². The fourth-order valence-electron chi connectivity index (χ4n) is 1.45. The van der Waals surface area contributed by atoms with E-state index in [1.807, 2.05) is 30.3 Å². The first-order valence-electron chi connectivity index (χ1n) is 5.89. The molecule has 0 aliphatic heterocycles. The highest BCUT2D eigenvalue weighted by molar-refractivity contribution is 5.68. The van der Waals surface area contributed by atoms with Gasteiger partial charge >= 0.3 is 12.1 Å². The van der Waals surface area contributed by atoms with Crippen LogP contribution in [0.3, 0.4) is 0 Å². The molecule has 1 aromatic carbocycles. The van der Waals surface area contributed by atoms with Crippen LogP contribution in [0.2, 0.25) is 0 Å². The minimum atomic E-state index is -1.02. The second kappa shape index (κ2) is 8.10. The molecule has 0 aromatic heterocycles. The van der Waals surface area contributed by atoms with Crippen LogP contribution in [0.5, 0.6) is 0 Å². The Morgan fingerprint density at radius 2 is 1.95 bits per heavy atom. The summed E-state index contributed by atoms with van der Waals surface area (Å²) in [6.45, 7) is -0.0862. The fraction of sp³-hybridized carbons (Fsp3) is 0.385. The summed E-state index contributed by atoms with van der Waals surface area (Å²) in [7, 11) is 0. The van der Waals surface area contributed by atoms with Gasteiger partial charge in [0.25, 0.3) is 0 Å². The van der Waals surface area contributed by atoms with Gasteiger partial charge in [0, 0.05) is 19.1 Å². The number of amides is 1. The molecule has 1 atom stereocenters. The largest absolute Gasteiger partial charge is 0.481 e. The quantitative estimate of drug-likeness (QED) is 0.684. The number of rotatable bonds is 7. The molecule has 0 spiro atoms. The Labute approximate surface area is 111 Å². The van der Waals surface area contributed by atoms with E-state index in [2.05, 4.69) is 5.32 Å². The van der Waals surface area contributed by atoms with E-state index in [4.69, 9.17) is 14.9 Å². The van der Waals surface area contributed by atoms with Gasteiger partial charge in [-0.05, 0) is 5.56 Å². The molecule has 104 valence electrons. The SMILES string of the molecule is O=C(O)CC(CO)CNC(=O)OCc1ccccc1. The average Bonchev–Trinajstić information content (AvgIpc) is 2.42. The molecular weight excluding hydrogens is 250 g/mol. The van der Waals surface area contributed by atoms with Gasteiger partial charge in [-0.15, -0.1) is 0 Å². The van der Waals surface area contributed by atoms with Gasteiger partial charge in [-0.3, -0.25) is 4.79 Å². The van der Waals surface area contributed by atoms with Crippen LogP contribution in [0.25, 0.3) is 0 Å². The van der Waals surface area contributed by atoms with Crippen molar-refractivity contribution >= 4 is 12.1 Å². The standard InChI is InChI=1S/C13H17NO5/c15-8-11(6-12(16)17)7-14-13(18)19-9-10-4-2-1-3-5-10/h1-5,11,15H,6-9H2,(H,14,18)(H,16,17). The first-order chi connectivity index (χ1) is 9.11. The first-order valence-corrected chi connectivity index (χ1v) is 5.89. The number of carboxylic acids is 1. The van der Waals surface area contributed by atoms with Crippen LogP contribution in [-0.4, -0.2) is 35.4 Å². The van der Waals surface area contributed by atoms with E-state index in [-0.39, 0.29) is 26.2 Å². The summed E-state index contributed by atoms with van der Waals surface area (Å²) in [5.41, 5.74) is 0.863. The molecule has 1 unspecified atom stereocenters. The van der Waals surface area contributed by atoms with E-state index in [9.17, 15) is 9.59 Å². The van der Waals surface area contributed by atoms with Gasteiger partial charge in [-0.2, -0.15) is 0 Å². The maximum absolute atomic E-state index is 11.4. The molecule has 6 heteroatoms. The molecule has 0 aliphatic carbocycles. The summed E-state index contributed by atoms with van der Waals surface area (Å²) in [4.78, 5) is 21.8. The average molecular weight is 267 g/mol. The van der Waals surface area contributed by atoms with Gasteiger partial charge in [-0.1, -0.05) is 30.3 Å². The first kappa shape index (κ1) is 15.0. The van der Waals surface area contributed by atoms with Crippen LogP contribution in [0, 0.1) is 5.92 Å². The van der Waals surface area contributed by atoms with Gasteiger partial charge in [-0.25, -0.2) is 4.79 Å². The third kappa shape index (κ3) is 6.42. The molecule has 6 nitrogen and oxygen atoms in total. The minimum absolute atomic E-state index is 0.0659. The van der Waals surface area contributed by atoms with Crippen LogP contribution in [0.4, 0.5) is 4.79 Å². The number of ether oxygens (including phenoxy) is 1. The Hall–Kier alpha value is -2.08. The lowest BCUT2D eigenvalue weighted by molar-refractivity contribution is -0.138. The lowest BCUT2D eigenvalue weighted by Gasteiger charge is -2.12. The van der Waals surface area contributed by atoms with Gasteiger partial charge < -0.3 is 20.3 Å². The molecule has 0 aliphatic rings. The van der Waals surface area contributed by atoms with E-state index in [1.54, 1.807) is 0 Å². The molecule has 0 fully saturated rings. The molecule has 0 radical (unpaired) electrons. The molecular formula is C13H17NO5. The second-order valence-electron chi connectivity index (χ2n) is 4.09. The highest BCUT2D eigenvalue weighted by Crippen LogP contribution is 2.02. The number of carbonyl (C=O) groups is 2. The van der Waals surface area contributed by atoms with E-state index in [0.717, 1.165) is 5.56 Å². The predicted octanol–water partition coefficient (Wildman–Crippen LogP) is 0.996. The number of carboxylic acid groups (broad SMARTS) is 1. The summed E-state index contributed by atoms with van der Waals surface area (Å²) in [6.07, 6.45) is -0.831. The Bertz CT molecular complexity index is 407. The molecule has 1 rings (SSSR count). The maximum Gasteiger partial charge on any atom is 0.407 e. The van der Waals surface area contributed by atoms with Gasteiger partial charge in [0.2, 0.25) is 0 Å². The van der Waals surface area contributed by atoms with Crippen molar-refractivity contribution in [2.24, 2.45) is 5.92 Å². The fourth-order valence-corrected chi connectivity index (χ4v) is 1.45. The van der Waals surface area contributed by atoms with Crippen molar-refractivity contribution in [3.63, 3.8) is 0 Å². The monoisotopic (exact) mass is 267 g/mol. The number of aliphatic hydroxyl groups excluding tert-OH is 1. The van der Waals surface area contributed by atoms with Gasteiger partial charge in [0.05, 0.1) is 6.42 Å². The summed E-state index contributed by atoms with van der Waals surface area (Å²) < 4.78 is 4.95. The Morgan fingerprint density at radius 3 is 2.53 bits per heavy atom. The summed E-state index contributed by atoms with van der Waals surface area (Å²) >= 11 is 0. The van der Waals surface area contributed by atoms with E-state index in [1.165, 1.54) is 0 Å². The van der Waals surface area contributed by atoms with Crippen LogP contribution in [0.1, 0.15) is 12.0 Å². The lowest BCUT2D eigenvalue weighted by atomic mass is 10.1. The molecule has 3 N–H and O–H groups in total. The normalized spacial score (nSPS) is 11.6. The maximum atomic E-state index is 11.4. The van der Waals surface area contributed by atoms with E-state index < -0.39 is 18.0 Å². The molecule has 0 saturated heterocycles. The smallest absolute Gasteiger partial charge is 0.407 e. The number of benzene rings is 1. The van der Waals surface area contributed by atoms with Crippen LogP contribution in [0.15, 0.2) is 30.3 Å². The third-order valence-corrected chi connectivity index (χ3v) is 2.47. The van der Waals surface area contributed by atoms with Gasteiger partial charge in [0.1, 0.15) is 6.61 Å². The Balaban J connectivity index is 2.25. The second-order valence-corrected chi connectivity index (χ2v) is 4.09. The van der Waals surface area contributed by atoms with Crippen LogP contribution >= 0.6 is 0 Å². The molecule has 0 saturated carbocycles. The number of aliphatic hydroxyl groups is 1. The number of nitrogens with one attached hydrogen (secondary N) is 1. The number of aliphatic carboxylic acids is 1. The summed E-state index contributed by atoms with van der Waals surface area (Å²) in [5, 5.41) is 19.9. The highest BCUT2D eigenvalue weighted by atomic mass is 16.5. The van der Waals surface area contributed by atoms with Crippen LogP contribution in [-0.2, 0) is 16.1 Å². The van der Waals surface area contributed by atoms with Crippen molar-refractivity contribution in [2.45, 2.75) is 13.0 Å². The predicted molar refractivity (Wildman–Crippen MR) is 67.5 cm³/mol. The Kier molecular flexibility index (Phi) is 6.38. The summed E-state index contributed by atoms with van der Waals surface area (Å²) in [5.74, 6) is -1.53. The Morgan fingerprint density at radius 1 is 1.26 bits per heavy atom. The number of hydrogen-bond acceptors (Lipinski definition) is 4. The van der Waals surface area contributed by atoms with Crippen LogP contribution < -0.4 is 5.32 Å². The molecule has 19 heavy (non-hydrogen) atoms. The third-order valence-electron chi connectivity index (χ3n) is 2.47. The molecule has 1 aromatic rings. The zero-order valence-electron chi connectivity index (χ0n) is 10.4. The lowest BCUT2D eigenvalue weighted by Crippen LogP contribution is -2.32. The molecule has 1 amide bonds. The minimum Gasteiger partial charge on any atom is -0.481 e. The van der Waals surface area contributed by atoms with Crippen molar-refractivity contribution in [2.75, 3.05) is 13.2 Å². The topological polar surface area (TPSA) is 95.9 Å². The summed E-state index contributed by atoms with van der Waals surface area (Å²) in [6, 6.07) is 9.19. The highest BCUT2D eigenvalue weighted by Gasteiger charge is 2.13. The number of alkyl carbamates (subject to hydrolysis) is 1. The molecule has 0 bridgehead atoms.